The zero-order valence-corrected chi connectivity index (χ0v) is 19.5. The molecule has 1 fully saturated rings. The van der Waals surface area contributed by atoms with E-state index in [4.69, 9.17) is 0 Å². The molecule has 6 nitrogen and oxygen atoms in total. The number of benzene rings is 1. The predicted molar refractivity (Wildman–Crippen MR) is 123 cm³/mol. The third kappa shape index (κ3) is 7.65. The normalized spacial score (nSPS) is 14.1. The molecule has 1 aromatic carbocycles. The average molecular weight is 487 g/mol. The van der Waals surface area contributed by atoms with Crippen molar-refractivity contribution in [1.29, 1.82) is 0 Å². The number of nitrogens with zero attached hydrogens (tertiary/aromatic N) is 3. The van der Waals surface area contributed by atoms with Gasteiger partial charge in [0, 0.05) is 58.4 Å². The fraction of sp³-hybridized carbons (Fsp3) is 0.600. The van der Waals surface area contributed by atoms with Gasteiger partial charge in [-0.05, 0) is 44.4 Å². The summed E-state index contributed by atoms with van der Waals surface area (Å²) >= 11 is 0. The van der Waals surface area contributed by atoms with E-state index in [2.05, 4.69) is 34.4 Å². The van der Waals surface area contributed by atoms with E-state index < -0.39 is 0 Å². The quantitative estimate of drug-likeness (QED) is 0.336. The third-order valence-corrected chi connectivity index (χ3v) is 4.63. The highest BCUT2D eigenvalue weighted by Crippen LogP contribution is 2.27. The van der Waals surface area contributed by atoms with E-state index in [9.17, 15) is 4.79 Å². The predicted octanol–water partition coefficient (Wildman–Crippen LogP) is 2.54. The smallest absolute Gasteiger partial charge is 0.253 e. The average Bonchev–Trinajstić information content (AvgIpc) is 3.45. The number of nitrogens with one attached hydrogen (secondary N) is 2. The number of hydrogen-bond donors (Lipinski definition) is 2. The van der Waals surface area contributed by atoms with E-state index in [0.717, 1.165) is 30.7 Å². The standard InChI is InChI=1S/C20H33N5O.HI/c1-15(2)25(18-10-11-18)13-12-22-20(21-3)23-14-16-6-8-17(9-7-16)19(26)24(4)5;/h6-9,15,18H,10-14H2,1-5H3,(H2,21,22,23);1H. The minimum atomic E-state index is 0. The molecule has 0 aliphatic heterocycles. The zero-order valence-electron chi connectivity index (χ0n) is 17.2. The first-order chi connectivity index (χ1) is 12.4. The molecule has 0 saturated heterocycles. The van der Waals surface area contributed by atoms with E-state index in [1.54, 1.807) is 26.0 Å². The van der Waals surface area contributed by atoms with Crippen LogP contribution >= 0.6 is 24.0 Å². The molecule has 2 N–H and O–H groups in total. The Balaban J connectivity index is 0.00000364. The molecule has 0 atom stereocenters. The number of hydrogen-bond acceptors (Lipinski definition) is 3. The van der Waals surface area contributed by atoms with Crippen LogP contribution in [0.3, 0.4) is 0 Å². The second-order valence-corrected chi connectivity index (χ2v) is 7.31. The zero-order chi connectivity index (χ0) is 19.1. The van der Waals surface area contributed by atoms with Crippen LogP contribution in [-0.4, -0.2) is 68.0 Å². The fourth-order valence-electron chi connectivity index (χ4n) is 3.00. The van der Waals surface area contributed by atoms with Gasteiger partial charge in [-0.1, -0.05) is 12.1 Å². The van der Waals surface area contributed by atoms with Gasteiger partial charge in [0.25, 0.3) is 5.91 Å². The molecule has 0 bridgehead atoms. The van der Waals surface area contributed by atoms with E-state index in [0.29, 0.717) is 18.2 Å². The molecule has 1 saturated carbocycles. The number of guanidine groups is 1. The van der Waals surface area contributed by atoms with E-state index >= 15 is 0 Å². The van der Waals surface area contributed by atoms with E-state index in [1.165, 1.54) is 12.8 Å². The Labute approximate surface area is 180 Å². The monoisotopic (exact) mass is 487 g/mol. The van der Waals surface area contributed by atoms with Gasteiger partial charge in [0.2, 0.25) is 0 Å². The molecule has 27 heavy (non-hydrogen) atoms. The van der Waals surface area contributed by atoms with Crippen molar-refractivity contribution in [2.45, 2.75) is 45.3 Å². The Morgan fingerprint density at radius 3 is 2.30 bits per heavy atom. The van der Waals surface area contributed by atoms with Gasteiger partial charge in [-0.2, -0.15) is 0 Å². The molecule has 1 aliphatic rings. The Hall–Kier alpha value is -1.35. The number of carbonyl (C=O) groups excluding carboxylic acids is 1. The van der Waals surface area contributed by atoms with Crippen molar-refractivity contribution in [1.82, 2.24) is 20.4 Å². The highest BCUT2D eigenvalue weighted by atomic mass is 127. The summed E-state index contributed by atoms with van der Waals surface area (Å²) in [7, 11) is 5.31. The van der Waals surface area contributed by atoms with Crippen molar-refractivity contribution >= 4 is 35.8 Å². The molecule has 2 rings (SSSR count). The summed E-state index contributed by atoms with van der Waals surface area (Å²) in [6.45, 7) is 7.10. The summed E-state index contributed by atoms with van der Waals surface area (Å²) in [5, 5.41) is 6.72. The van der Waals surface area contributed by atoms with Crippen LogP contribution in [0.1, 0.15) is 42.6 Å². The van der Waals surface area contributed by atoms with Crippen LogP contribution in [0.25, 0.3) is 0 Å². The van der Waals surface area contributed by atoms with Crippen molar-refractivity contribution in [3.8, 4) is 0 Å². The van der Waals surface area contributed by atoms with Crippen molar-refractivity contribution < 1.29 is 4.79 Å². The number of amides is 1. The molecule has 0 unspecified atom stereocenters. The molecular formula is C20H34IN5O. The van der Waals surface area contributed by atoms with Crippen molar-refractivity contribution in [2.24, 2.45) is 4.99 Å². The largest absolute Gasteiger partial charge is 0.355 e. The van der Waals surface area contributed by atoms with Gasteiger partial charge in [0.1, 0.15) is 0 Å². The third-order valence-electron chi connectivity index (χ3n) is 4.63. The number of aliphatic imine (C=N–C) groups is 1. The lowest BCUT2D eigenvalue weighted by molar-refractivity contribution is 0.0827. The van der Waals surface area contributed by atoms with Gasteiger partial charge in [-0.15, -0.1) is 24.0 Å². The lowest BCUT2D eigenvalue weighted by Gasteiger charge is -2.26. The van der Waals surface area contributed by atoms with Gasteiger partial charge in [-0.25, -0.2) is 0 Å². The summed E-state index contributed by atoms with van der Waals surface area (Å²) in [5.41, 5.74) is 1.82. The van der Waals surface area contributed by atoms with Crippen molar-refractivity contribution in [2.75, 3.05) is 34.2 Å². The summed E-state index contributed by atoms with van der Waals surface area (Å²) in [5.74, 6) is 0.824. The lowest BCUT2D eigenvalue weighted by Crippen LogP contribution is -2.43. The molecule has 0 radical (unpaired) electrons. The van der Waals surface area contributed by atoms with Gasteiger partial charge in [-0.3, -0.25) is 14.7 Å². The summed E-state index contributed by atoms with van der Waals surface area (Å²) < 4.78 is 0. The summed E-state index contributed by atoms with van der Waals surface area (Å²) in [4.78, 5) is 20.3. The minimum Gasteiger partial charge on any atom is -0.355 e. The topological polar surface area (TPSA) is 60.0 Å². The summed E-state index contributed by atoms with van der Waals surface area (Å²) in [6.07, 6.45) is 2.66. The number of carbonyl (C=O) groups is 1. The Bertz CT molecular complexity index is 609. The molecular weight excluding hydrogens is 453 g/mol. The molecule has 152 valence electrons. The van der Waals surface area contributed by atoms with Crippen LogP contribution in [0.5, 0.6) is 0 Å². The molecule has 1 amide bonds. The van der Waals surface area contributed by atoms with Crippen molar-refractivity contribution in [3.63, 3.8) is 0 Å². The highest BCUT2D eigenvalue weighted by Gasteiger charge is 2.30. The Morgan fingerprint density at radius 2 is 1.81 bits per heavy atom. The van der Waals surface area contributed by atoms with Crippen LogP contribution in [0, 0.1) is 0 Å². The minimum absolute atomic E-state index is 0. The van der Waals surface area contributed by atoms with Crippen LogP contribution < -0.4 is 10.6 Å². The molecule has 1 aromatic rings. The second-order valence-electron chi connectivity index (χ2n) is 7.31. The van der Waals surface area contributed by atoms with Gasteiger partial charge in [0.15, 0.2) is 5.96 Å². The van der Waals surface area contributed by atoms with Crippen molar-refractivity contribution in [3.05, 3.63) is 35.4 Å². The molecule has 0 heterocycles. The Morgan fingerprint density at radius 1 is 1.19 bits per heavy atom. The first kappa shape index (κ1) is 23.7. The lowest BCUT2D eigenvalue weighted by atomic mass is 10.1. The van der Waals surface area contributed by atoms with E-state index in [-0.39, 0.29) is 29.9 Å². The Kier molecular flexibility index (Phi) is 10.1. The maximum absolute atomic E-state index is 11.9. The number of halogens is 1. The molecule has 0 aromatic heterocycles. The van der Waals surface area contributed by atoms with Crippen LogP contribution in [-0.2, 0) is 6.54 Å². The first-order valence-corrected chi connectivity index (χ1v) is 9.43. The van der Waals surface area contributed by atoms with Crippen LogP contribution in [0.15, 0.2) is 29.3 Å². The van der Waals surface area contributed by atoms with Gasteiger partial charge < -0.3 is 15.5 Å². The molecule has 1 aliphatic carbocycles. The van der Waals surface area contributed by atoms with Gasteiger partial charge >= 0.3 is 0 Å². The fourth-order valence-corrected chi connectivity index (χ4v) is 3.00. The first-order valence-electron chi connectivity index (χ1n) is 9.43. The SMILES string of the molecule is CN=C(NCCN(C(C)C)C1CC1)NCc1ccc(C(=O)N(C)C)cc1.I. The molecule has 7 heteroatoms. The van der Waals surface area contributed by atoms with E-state index in [1.807, 2.05) is 24.3 Å². The summed E-state index contributed by atoms with van der Waals surface area (Å²) in [6, 6.07) is 9.05. The highest BCUT2D eigenvalue weighted by molar-refractivity contribution is 14.0. The van der Waals surface area contributed by atoms with Gasteiger partial charge in [0.05, 0.1) is 0 Å². The maximum Gasteiger partial charge on any atom is 0.253 e. The van der Waals surface area contributed by atoms with Crippen LogP contribution in [0.2, 0.25) is 0 Å². The van der Waals surface area contributed by atoms with Crippen LogP contribution in [0.4, 0.5) is 0 Å². The second kappa shape index (κ2) is 11.5. The number of rotatable bonds is 8. The molecule has 0 spiro atoms. The maximum atomic E-state index is 11.9.